The molecule has 1 amide bonds. The van der Waals surface area contributed by atoms with E-state index < -0.39 is 0 Å². The maximum atomic E-state index is 11.9. The lowest BCUT2D eigenvalue weighted by Gasteiger charge is -2.11. The summed E-state index contributed by atoms with van der Waals surface area (Å²) in [7, 11) is 0. The lowest BCUT2D eigenvalue weighted by atomic mass is 10.1. The number of benzene rings is 1. The number of carbonyl (C=O) groups excluding carboxylic acids is 1. The van der Waals surface area contributed by atoms with Gasteiger partial charge in [-0.3, -0.25) is 4.79 Å². The van der Waals surface area contributed by atoms with Crippen molar-refractivity contribution in [2.45, 2.75) is 31.8 Å². The smallest absolute Gasteiger partial charge is 0.224 e. The summed E-state index contributed by atoms with van der Waals surface area (Å²) in [5.74, 6) is -0.126. The molecule has 1 saturated heterocycles. The number of oxime groups is 1. The number of amides is 1. The number of nitrogens with zero attached hydrogens (tertiary/aromatic N) is 1. The highest BCUT2D eigenvalue weighted by Gasteiger charge is 2.17. The van der Waals surface area contributed by atoms with E-state index in [-0.39, 0.29) is 17.8 Å². The van der Waals surface area contributed by atoms with Crippen LogP contribution in [0.5, 0.6) is 0 Å². The van der Waals surface area contributed by atoms with Crippen LogP contribution < -0.4 is 11.1 Å². The molecule has 1 aliphatic rings. The van der Waals surface area contributed by atoms with Gasteiger partial charge >= 0.3 is 0 Å². The summed E-state index contributed by atoms with van der Waals surface area (Å²) in [5, 5.41) is 14.5. The first-order chi connectivity index (χ1) is 9.70. The van der Waals surface area contributed by atoms with Gasteiger partial charge in [-0.15, -0.1) is 0 Å². The molecular formula is C14H19N3O3. The summed E-state index contributed by atoms with van der Waals surface area (Å²) in [4.78, 5) is 11.9. The number of hydrogen-bond acceptors (Lipinski definition) is 4. The zero-order valence-corrected chi connectivity index (χ0v) is 11.2. The van der Waals surface area contributed by atoms with Crippen molar-refractivity contribution in [3.63, 3.8) is 0 Å². The Hall–Kier alpha value is -2.08. The number of anilines is 1. The molecule has 1 unspecified atom stereocenters. The van der Waals surface area contributed by atoms with Crippen LogP contribution >= 0.6 is 0 Å². The fourth-order valence-corrected chi connectivity index (χ4v) is 2.25. The maximum Gasteiger partial charge on any atom is 0.224 e. The monoisotopic (exact) mass is 277 g/mol. The molecule has 1 aliphatic heterocycles. The van der Waals surface area contributed by atoms with Gasteiger partial charge in [0.1, 0.15) is 0 Å². The highest BCUT2D eigenvalue weighted by Crippen LogP contribution is 2.18. The predicted molar refractivity (Wildman–Crippen MR) is 75.8 cm³/mol. The number of amidine groups is 1. The lowest BCUT2D eigenvalue weighted by Crippen LogP contribution is -2.20. The first-order valence-corrected chi connectivity index (χ1v) is 6.69. The summed E-state index contributed by atoms with van der Waals surface area (Å²) in [5.41, 5.74) is 6.62. The maximum absolute atomic E-state index is 11.9. The Morgan fingerprint density at radius 1 is 1.50 bits per heavy atom. The van der Waals surface area contributed by atoms with E-state index in [0.29, 0.717) is 17.7 Å². The van der Waals surface area contributed by atoms with Gasteiger partial charge in [-0.25, -0.2) is 0 Å². The number of carbonyl (C=O) groups is 1. The van der Waals surface area contributed by atoms with Crippen molar-refractivity contribution in [1.82, 2.24) is 0 Å². The minimum Gasteiger partial charge on any atom is -0.409 e. The molecule has 0 aliphatic carbocycles. The fourth-order valence-electron chi connectivity index (χ4n) is 2.25. The zero-order chi connectivity index (χ0) is 14.4. The van der Waals surface area contributed by atoms with E-state index in [1.54, 1.807) is 24.3 Å². The Morgan fingerprint density at radius 2 is 2.30 bits per heavy atom. The summed E-state index contributed by atoms with van der Waals surface area (Å²) in [6.07, 6.45) is 3.40. The molecule has 1 heterocycles. The predicted octanol–water partition coefficient (Wildman–Crippen LogP) is 1.68. The number of rotatable bonds is 5. The number of para-hydroxylation sites is 1. The Bertz CT molecular complexity index is 496. The molecule has 0 aromatic heterocycles. The molecule has 2 rings (SSSR count). The van der Waals surface area contributed by atoms with E-state index in [4.69, 9.17) is 15.7 Å². The van der Waals surface area contributed by atoms with Gasteiger partial charge in [-0.2, -0.15) is 0 Å². The molecule has 0 bridgehead atoms. The zero-order valence-electron chi connectivity index (χ0n) is 11.2. The Morgan fingerprint density at radius 3 is 3.00 bits per heavy atom. The van der Waals surface area contributed by atoms with Crippen LogP contribution in [0.25, 0.3) is 0 Å². The third kappa shape index (κ3) is 3.71. The first-order valence-electron chi connectivity index (χ1n) is 6.69. The van der Waals surface area contributed by atoms with E-state index in [1.165, 1.54) is 0 Å². The van der Waals surface area contributed by atoms with Gasteiger partial charge in [-0.1, -0.05) is 17.3 Å². The molecule has 6 heteroatoms. The molecule has 0 radical (unpaired) electrons. The van der Waals surface area contributed by atoms with Crippen LogP contribution in [0, 0.1) is 0 Å². The van der Waals surface area contributed by atoms with E-state index in [2.05, 4.69) is 10.5 Å². The largest absolute Gasteiger partial charge is 0.409 e. The average molecular weight is 277 g/mol. The Labute approximate surface area is 117 Å². The standard InChI is InChI=1S/C14H19N3O3/c15-14(17-19)11-5-1-2-6-12(11)16-13(18)8-7-10-4-3-9-20-10/h1-2,5-6,10,19H,3-4,7-9H2,(H2,15,17)(H,16,18). The number of hydrogen-bond donors (Lipinski definition) is 3. The molecule has 6 nitrogen and oxygen atoms in total. The van der Waals surface area contributed by atoms with Gasteiger partial charge in [0, 0.05) is 18.6 Å². The van der Waals surface area contributed by atoms with Gasteiger partial charge in [0.05, 0.1) is 11.8 Å². The van der Waals surface area contributed by atoms with Gasteiger partial charge in [0.25, 0.3) is 0 Å². The van der Waals surface area contributed by atoms with Crippen molar-refractivity contribution in [3.8, 4) is 0 Å². The number of ether oxygens (including phenoxy) is 1. The normalized spacial score (nSPS) is 19.0. The minimum absolute atomic E-state index is 0.0278. The second-order valence-electron chi connectivity index (χ2n) is 4.75. The van der Waals surface area contributed by atoms with E-state index in [1.807, 2.05) is 0 Å². The van der Waals surface area contributed by atoms with E-state index in [9.17, 15) is 4.79 Å². The van der Waals surface area contributed by atoms with Gasteiger partial charge in [-0.05, 0) is 31.4 Å². The van der Waals surface area contributed by atoms with Crippen molar-refractivity contribution in [3.05, 3.63) is 29.8 Å². The summed E-state index contributed by atoms with van der Waals surface area (Å²) in [6.45, 7) is 0.790. The molecule has 1 fully saturated rings. The van der Waals surface area contributed by atoms with E-state index >= 15 is 0 Å². The highest BCUT2D eigenvalue weighted by molar-refractivity contribution is 6.05. The van der Waals surface area contributed by atoms with E-state index in [0.717, 1.165) is 25.9 Å². The van der Waals surface area contributed by atoms with Crippen LogP contribution in [0.4, 0.5) is 5.69 Å². The number of nitrogens with two attached hydrogens (primary N) is 1. The molecule has 0 saturated carbocycles. The molecule has 108 valence electrons. The van der Waals surface area contributed by atoms with Gasteiger partial charge in [0.2, 0.25) is 5.91 Å². The quantitative estimate of drug-likeness (QED) is 0.330. The van der Waals surface area contributed by atoms with Crippen LogP contribution in [0.15, 0.2) is 29.4 Å². The molecule has 1 aromatic rings. The number of nitrogens with one attached hydrogen (secondary N) is 1. The molecule has 20 heavy (non-hydrogen) atoms. The molecule has 1 atom stereocenters. The Balaban J connectivity index is 1.93. The van der Waals surface area contributed by atoms with Gasteiger partial charge in [0.15, 0.2) is 5.84 Å². The first kappa shape index (κ1) is 14.3. The van der Waals surface area contributed by atoms with Crippen molar-refractivity contribution >= 4 is 17.4 Å². The molecule has 4 N–H and O–H groups in total. The SMILES string of the molecule is NC(=NO)c1ccccc1NC(=O)CCC1CCCO1. The lowest BCUT2D eigenvalue weighted by molar-refractivity contribution is -0.116. The third-order valence-electron chi connectivity index (χ3n) is 3.30. The highest BCUT2D eigenvalue weighted by atomic mass is 16.5. The summed E-state index contributed by atoms with van der Waals surface area (Å²) < 4.78 is 5.48. The Kier molecular flexibility index (Phi) is 4.95. The minimum atomic E-state index is -0.0984. The third-order valence-corrected chi connectivity index (χ3v) is 3.30. The van der Waals surface area contributed by atoms with Gasteiger partial charge < -0.3 is 21.0 Å². The van der Waals surface area contributed by atoms with Crippen LogP contribution in [0.3, 0.4) is 0 Å². The molecule has 0 spiro atoms. The fraction of sp³-hybridized carbons (Fsp3) is 0.429. The van der Waals surface area contributed by atoms with Crippen LogP contribution in [0.1, 0.15) is 31.2 Å². The second-order valence-corrected chi connectivity index (χ2v) is 4.75. The van der Waals surface area contributed by atoms with Crippen LogP contribution in [0.2, 0.25) is 0 Å². The van der Waals surface area contributed by atoms with Crippen molar-refractivity contribution in [1.29, 1.82) is 0 Å². The molecular weight excluding hydrogens is 258 g/mol. The van der Waals surface area contributed by atoms with Crippen molar-refractivity contribution in [2.24, 2.45) is 10.9 Å². The van der Waals surface area contributed by atoms with Crippen LogP contribution in [-0.2, 0) is 9.53 Å². The summed E-state index contributed by atoms with van der Waals surface area (Å²) >= 11 is 0. The topological polar surface area (TPSA) is 96.9 Å². The van der Waals surface area contributed by atoms with Crippen molar-refractivity contribution in [2.75, 3.05) is 11.9 Å². The second kappa shape index (κ2) is 6.91. The molecule has 1 aromatic carbocycles. The van der Waals surface area contributed by atoms with Crippen molar-refractivity contribution < 1.29 is 14.7 Å². The average Bonchev–Trinajstić information content (AvgIpc) is 2.98. The summed E-state index contributed by atoms with van der Waals surface area (Å²) in [6, 6.07) is 6.95. The van der Waals surface area contributed by atoms with Crippen LogP contribution in [-0.4, -0.2) is 29.7 Å².